The standard InChI is InChI=1S/C35H65N7O10S/c1-31(43)29-51-26-24-50-23-21-37-35(46)30-52-27-25-49-22-20-36-33(44)19-16-28-53(47,48)40-34(45)18-15-13-11-9-7-5-3-2-4-6-8-10-12-14-17-32-38-41-42-39-32/h2-30H2,1H3,(H,36,44)(H,37,46)(H,40,45)(H,38,39,41,42). The van der Waals surface area contributed by atoms with Crippen LogP contribution in [0.3, 0.4) is 0 Å². The second-order valence-electron chi connectivity index (χ2n) is 13.0. The van der Waals surface area contributed by atoms with Gasteiger partial charge in [0.25, 0.3) is 0 Å². The molecule has 0 atom stereocenters. The smallest absolute Gasteiger partial charge is 0.246 e. The second kappa shape index (κ2) is 33.5. The molecule has 17 nitrogen and oxygen atoms in total. The molecule has 0 aliphatic heterocycles. The molecule has 0 saturated carbocycles. The van der Waals surface area contributed by atoms with Crippen molar-refractivity contribution in [2.24, 2.45) is 0 Å². The van der Waals surface area contributed by atoms with Gasteiger partial charge in [0.1, 0.15) is 13.2 Å². The van der Waals surface area contributed by atoms with E-state index in [1.165, 1.54) is 64.7 Å². The van der Waals surface area contributed by atoms with Crippen molar-refractivity contribution in [1.29, 1.82) is 0 Å². The summed E-state index contributed by atoms with van der Waals surface area (Å²) in [6.07, 6.45) is 17.3. The molecule has 1 aromatic rings. The number of aromatic nitrogens is 4. The first kappa shape index (κ1) is 48.0. The van der Waals surface area contributed by atoms with Crippen LogP contribution in [0.5, 0.6) is 0 Å². The Morgan fingerprint density at radius 3 is 1.62 bits per heavy atom. The van der Waals surface area contributed by atoms with Gasteiger partial charge in [0.05, 0.1) is 45.4 Å². The molecule has 1 rings (SSSR count). The maximum absolute atomic E-state index is 12.2. The fourth-order valence-corrected chi connectivity index (χ4v) is 6.24. The third-order valence-electron chi connectivity index (χ3n) is 7.95. The summed E-state index contributed by atoms with van der Waals surface area (Å²) < 4.78 is 47.5. The maximum Gasteiger partial charge on any atom is 0.246 e. The van der Waals surface area contributed by atoms with Crippen LogP contribution in [0.25, 0.3) is 0 Å². The Morgan fingerprint density at radius 1 is 0.585 bits per heavy atom. The number of hydrogen-bond acceptors (Lipinski definition) is 13. The third-order valence-corrected chi connectivity index (χ3v) is 9.31. The van der Waals surface area contributed by atoms with Gasteiger partial charge in [-0.2, -0.15) is 5.21 Å². The minimum absolute atomic E-state index is 0.0103. The van der Waals surface area contributed by atoms with Crippen LogP contribution in [0.1, 0.15) is 122 Å². The Bertz CT molecular complexity index is 1190. The number of tetrazole rings is 1. The zero-order valence-electron chi connectivity index (χ0n) is 31.8. The highest BCUT2D eigenvalue weighted by Crippen LogP contribution is 2.14. The minimum atomic E-state index is -3.79. The van der Waals surface area contributed by atoms with Crippen LogP contribution < -0.4 is 15.4 Å². The molecule has 18 heteroatoms. The molecule has 0 fully saturated rings. The highest BCUT2D eigenvalue weighted by atomic mass is 32.2. The molecule has 3 amide bonds. The lowest BCUT2D eigenvalue weighted by molar-refractivity contribution is -0.127. The van der Waals surface area contributed by atoms with Gasteiger partial charge in [-0.25, -0.2) is 8.42 Å². The number of hydrogen-bond donors (Lipinski definition) is 4. The molecule has 0 unspecified atom stereocenters. The molecule has 0 aliphatic rings. The summed E-state index contributed by atoms with van der Waals surface area (Å²) in [5, 5.41) is 19.3. The molecule has 1 aromatic heterocycles. The zero-order valence-corrected chi connectivity index (χ0v) is 32.7. The van der Waals surface area contributed by atoms with Gasteiger partial charge in [-0.05, 0) is 26.2 Å². The largest absolute Gasteiger partial charge is 0.377 e. The minimum Gasteiger partial charge on any atom is -0.377 e. The summed E-state index contributed by atoms with van der Waals surface area (Å²) >= 11 is 0. The average molecular weight is 776 g/mol. The third kappa shape index (κ3) is 33.3. The molecule has 0 radical (unpaired) electrons. The molecule has 0 spiro atoms. The van der Waals surface area contributed by atoms with Crippen LogP contribution in [-0.2, 0) is 54.6 Å². The van der Waals surface area contributed by atoms with Crippen molar-refractivity contribution < 1.29 is 46.5 Å². The number of ether oxygens (including phenoxy) is 4. The topological polar surface area (TPSA) is 230 Å². The number of Topliss-reactive ketones (excluding diaryl/α,β-unsaturated/α-hetero) is 1. The summed E-state index contributed by atoms with van der Waals surface area (Å²) in [7, 11) is -3.79. The lowest BCUT2D eigenvalue weighted by atomic mass is 10.0. The van der Waals surface area contributed by atoms with Crippen LogP contribution >= 0.6 is 0 Å². The van der Waals surface area contributed by atoms with Crippen molar-refractivity contribution in [1.82, 2.24) is 36.0 Å². The Labute approximate surface area is 315 Å². The van der Waals surface area contributed by atoms with E-state index in [1.54, 1.807) is 0 Å². The van der Waals surface area contributed by atoms with Gasteiger partial charge in [0.2, 0.25) is 27.7 Å². The van der Waals surface area contributed by atoms with Crippen LogP contribution in [0, 0.1) is 0 Å². The normalized spacial score (nSPS) is 11.4. The molecule has 1 heterocycles. The number of H-pyrrole nitrogens is 1. The Balaban J connectivity index is 1.84. The lowest BCUT2D eigenvalue weighted by Gasteiger charge is -2.09. The Hall–Kier alpha value is -3.06. The summed E-state index contributed by atoms with van der Waals surface area (Å²) in [5.74, 6) is -0.663. The fourth-order valence-electron chi connectivity index (χ4n) is 5.16. The predicted molar refractivity (Wildman–Crippen MR) is 198 cm³/mol. The molecule has 0 bridgehead atoms. The number of aryl methyl sites for hydroxylation is 1. The van der Waals surface area contributed by atoms with E-state index < -0.39 is 15.9 Å². The number of ketones is 1. The monoisotopic (exact) mass is 775 g/mol. The van der Waals surface area contributed by atoms with Crippen LogP contribution in [0.15, 0.2) is 0 Å². The van der Waals surface area contributed by atoms with Gasteiger partial charge in [0, 0.05) is 32.4 Å². The fraction of sp³-hybridized carbons (Fsp3) is 0.857. The molecule has 4 N–H and O–H groups in total. The number of carbonyl (C=O) groups excluding carboxylic acids is 4. The molecule has 0 aromatic carbocycles. The van der Waals surface area contributed by atoms with E-state index in [0.29, 0.717) is 32.8 Å². The highest BCUT2D eigenvalue weighted by molar-refractivity contribution is 7.90. The van der Waals surface area contributed by atoms with E-state index in [-0.39, 0.29) is 82.2 Å². The van der Waals surface area contributed by atoms with Crippen LogP contribution in [0.2, 0.25) is 0 Å². The number of amides is 3. The SMILES string of the molecule is CC(=O)COCCOCCNC(=O)COCCOCCNC(=O)CCCS(=O)(=O)NC(=O)CCCCCCCCCCCCCCCCc1nn[nH]n1. The van der Waals surface area contributed by atoms with E-state index in [0.717, 1.165) is 37.9 Å². The van der Waals surface area contributed by atoms with Crippen molar-refractivity contribution in [3.8, 4) is 0 Å². The van der Waals surface area contributed by atoms with Crippen LogP contribution in [0.4, 0.5) is 0 Å². The Kier molecular flexibility index (Phi) is 30.3. The number of nitrogens with zero attached hydrogens (tertiary/aromatic N) is 3. The summed E-state index contributed by atoms with van der Waals surface area (Å²) in [5.41, 5.74) is 0. The first-order chi connectivity index (χ1) is 25.7. The van der Waals surface area contributed by atoms with Crippen LogP contribution in [-0.4, -0.2) is 124 Å². The van der Waals surface area contributed by atoms with Gasteiger partial charge in [-0.15, -0.1) is 10.2 Å². The van der Waals surface area contributed by atoms with Gasteiger partial charge in [0.15, 0.2) is 11.6 Å². The Morgan fingerprint density at radius 2 is 1.08 bits per heavy atom. The molecule has 53 heavy (non-hydrogen) atoms. The van der Waals surface area contributed by atoms with E-state index >= 15 is 0 Å². The average Bonchev–Trinajstić information content (AvgIpc) is 3.63. The first-order valence-corrected chi connectivity index (χ1v) is 20.9. The highest BCUT2D eigenvalue weighted by Gasteiger charge is 2.15. The van der Waals surface area contributed by atoms with Crippen molar-refractivity contribution in [3.63, 3.8) is 0 Å². The molecular formula is C35H65N7O10S. The van der Waals surface area contributed by atoms with Gasteiger partial charge in [-0.1, -0.05) is 82.3 Å². The molecule has 306 valence electrons. The number of rotatable bonds is 38. The zero-order chi connectivity index (χ0) is 38.7. The second-order valence-corrected chi connectivity index (χ2v) is 14.8. The summed E-state index contributed by atoms with van der Waals surface area (Å²) in [6, 6.07) is 0. The number of unbranched alkanes of at least 4 members (excludes halogenated alkanes) is 13. The van der Waals surface area contributed by atoms with Crippen molar-refractivity contribution in [2.45, 2.75) is 122 Å². The summed E-state index contributed by atoms with van der Waals surface area (Å²) in [4.78, 5) is 46.6. The number of aromatic amines is 1. The molecular weight excluding hydrogens is 710 g/mol. The van der Waals surface area contributed by atoms with Crippen molar-refractivity contribution >= 4 is 33.5 Å². The van der Waals surface area contributed by atoms with E-state index in [2.05, 4.69) is 36.0 Å². The van der Waals surface area contributed by atoms with Gasteiger partial charge >= 0.3 is 0 Å². The molecule has 0 saturated heterocycles. The van der Waals surface area contributed by atoms with Gasteiger partial charge < -0.3 is 29.6 Å². The number of carbonyl (C=O) groups is 4. The number of sulfonamides is 1. The van der Waals surface area contributed by atoms with E-state index in [1.807, 2.05) is 0 Å². The first-order valence-electron chi connectivity index (χ1n) is 19.3. The maximum atomic E-state index is 12.2. The summed E-state index contributed by atoms with van der Waals surface area (Å²) in [6.45, 7) is 3.55. The van der Waals surface area contributed by atoms with Crippen molar-refractivity contribution in [3.05, 3.63) is 5.82 Å². The van der Waals surface area contributed by atoms with Gasteiger partial charge in [-0.3, -0.25) is 23.9 Å². The quantitative estimate of drug-likeness (QED) is 0.0709. The number of nitrogens with one attached hydrogen (secondary N) is 4. The lowest BCUT2D eigenvalue weighted by Crippen LogP contribution is -2.33. The van der Waals surface area contributed by atoms with E-state index in [9.17, 15) is 27.6 Å². The predicted octanol–water partition coefficient (Wildman–Crippen LogP) is 2.71. The molecule has 0 aliphatic carbocycles. The van der Waals surface area contributed by atoms with Crippen molar-refractivity contribution in [2.75, 3.05) is 71.7 Å². The van der Waals surface area contributed by atoms with E-state index in [4.69, 9.17) is 18.9 Å².